The van der Waals surface area contributed by atoms with E-state index < -0.39 is 10.0 Å². The Kier molecular flexibility index (Phi) is 5.17. The van der Waals surface area contributed by atoms with Gasteiger partial charge in [0.2, 0.25) is 10.0 Å². The molecule has 0 spiro atoms. The SMILES string of the molecule is O=S(=O)(c1ccc2c(c1)OCCO2)N1CCN(CCc2cccs2)CC1. The van der Waals surface area contributed by atoms with E-state index in [-0.39, 0.29) is 4.90 Å². The van der Waals surface area contributed by atoms with Gasteiger partial charge in [-0.2, -0.15) is 4.31 Å². The van der Waals surface area contributed by atoms with Crippen LogP contribution in [0.4, 0.5) is 0 Å². The summed E-state index contributed by atoms with van der Waals surface area (Å²) >= 11 is 1.77. The van der Waals surface area contributed by atoms with Crippen LogP contribution in [0.3, 0.4) is 0 Å². The van der Waals surface area contributed by atoms with Crippen molar-refractivity contribution in [3.05, 3.63) is 40.6 Å². The highest BCUT2D eigenvalue weighted by molar-refractivity contribution is 7.89. The normalized spacial score (nSPS) is 18.8. The van der Waals surface area contributed by atoms with Gasteiger partial charge in [-0.3, -0.25) is 0 Å². The van der Waals surface area contributed by atoms with E-state index in [4.69, 9.17) is 9.47 Å². The molecular weight excluding hydrogens is 372 g/mol. The van der Waals surface area contributed by atoms with E-state index in [1.807, 2.05) is 0 Å². The van der Waals surface area contributed by atoms with E-state index >= 15 is 0 Å². The minimum absolute atomic E-state index is 0.272. The number of sulfonamides is 1. The predicted molar refractivity (Wildman–Crippen MR) is 101 cm³/mol. The first kappa shape index (κ1) is 17.8. The van der Waals surface area contributed by atoms with Crippen LogP contribution in [0.15, 0.2) is 40.6 Å². The minimum atomic E-state index is -3.50. The second-order valence-electron chi connectivity index (χ2n) is 6.38. The number of rotatable bonds is 5. The van der Waals surface area contributed by atoms with Crippen molar-refractivity contribution in [1.29, 1.82) is 0 Å². The molecule has 1 aromatic carbocycles. The van der Waals surface area contributed by atoms with Gasteiger partial charge >= 0.3 is 0 Å². The number of hydrogen-bond donors (Lipinski definition) is 0. The van der Waals surface area contributed by atoms with Crippen LogP contribution in [-0.2, 0) is 16.4 Å². The third-order valence-corrected chi connectivity index (χ3v) is 7.57. The Morgan fingerprint density at radius 1 is 1.00 bits per heavy atom. The number of nitrogens with zero attached hydrogens (tertiary/aromatic N) is 2. The first-order valence-electron chi connectivity index (χ1n) is 8.77. The van der Waals surface area contributed by atoms with Crippen LogP contribution in [0.25, 0.3) is 0 Å². The predicted octanol–water partition coefficient (Wildman–Crippen LogP) is 2.07. The third-order valence-electron chi connectivity index (χ3n) is 4.74. The zero-order valence-corrected chi connectivity index (χ0v) is 16.1. The Labute approximate surface area is 158 Å². The zero-order chi connectivity index (χ0) is 18.0. The Hall–Kier alpha value is -1.61. The van der Waals surface area contributed by atoms with Gasteiger partial charge in [-0.15, -0.1) is 11.3 Å². The van der Waals surface area contributed by atoms with Gasteiger partial charge in [0.1, 0.15) is 13.2 Å². The smallest absolute Gasteiger partial charge is 0.243 e. The van der Waals surface area contributed by atoms with Crippen molar-refractivity contribution in [1.82, 2.24) is 9.21 Å². The van der Waals surface area contributed by atoms with Gasteiger partial charge < -0.3 is 14.4 Å². The van der Waals surface area contributed by atoms with Crippen molar-refractivity contribution in [3.8, 4) is 11.5 Å². The van der Waals surface area contributed by atoms with Gasteiger partial charge in [-0.25, -0.2) is 8.42 Å². The molecule has 2 aromatic rings. The molecule has 0 radical (unpaired) electrons. The molecule has 0 atom stereocenters. The second-order valence-corrected chi connectivity index (χ2v) is 9.35. The van der Waals surface area contributed by atoms with Crippen molar-refractivity contribution in [3.63, 3.8) is 0 Å². The van der Waals surface area contributed by atoms with Crippen LogP contribution in [0, 0.1) is 0 Å². The first-order chi connectivity index (χ1) is 12.6. The Balaban J connectivity index is 1.38. The maximum absolute atomic E-state index is 12.9. The Morgan fingerprint density at radius 3 is 2.50 bits per heavy atom. The Morgan fingerprint density at radius 2 is 1.77 bits per heavy atom. The molecule has 4 rings (SSSR count). The summed E-state index contributed by atoms with van der Waals surface area (Å²) in [7, 11) is -3.50. The standard InChI is InChI=1S/C18H22N2O4S2/c21-26(22,16-3-4-17-18(14-16)24-12-11-23-17)20-9-7-19(8-10-20)6-5-15-2-1-13-25-15/h1-4,13-14H,5-12H2. The fraction of sp³-hybridized carbons (Fsp3) is 0.444. The summed E-state index contributed by atoms with van der Waals surface area (Å²) in [6.45, 7) is 4.46. The molecule has 0 unspecified atom stereocenters. The van der Waals surface area contributed by atoms with E-state index in [9.17, 15) is 8.42 Å². The molecule has 8 heteroatoms. The molecule has 2 aliphatic rings. The average molecular weight is 395 g/mol. The van der Waals surface area contributed by atoms with E-state index in [1.165, 1.54) is 4.88 Å². The number of ether oxygens (including phenoxy) is 2. The molecule has 140 valence electrons. The highest BCUT2D eigenvalue weighted by atomic mass is 32.2. The monoisotopic (exact) mass is 394 g/mol. The number of piperazine rings is 1. The molecule has 1 saturated heterocycles. The maximum atomic E-state index is 12.9. The van der Waals surface area contributed by atoms with Crippen molar-refractivity contribution in [2.75, 3.05) is 45.9 Å². The van der Waals surface area contributed by atoms with Crippen LogP contribution in [0.2, 0.25) is 0 Å². The molecule has 26 heavy (non-hydrogen) atoms. The summed E-state index contributed by atoms with van der Waals surface area (Å²) in [6.07, 6.45) is 1.02. The summed E-state index contributed by atoms with van der Waals surface area (Å²) in [6, 6.07) is 9.07. The molecule has 0 bridgehead atoms. The number of fused-ring (bicyclic) bond motifs is 1. The van der Waals surface area contributed by atoms with Crippen LogP contribution in [0.1, 0.15) is 4.88 Å². The fourth-order valence-electron chi connectivity index (χ4n) is 3.25. The van der Waals surface area contributed by atoms with Crippen LogP contribution in [-0.4, -0.2) is 63.6 Å². The lowest BCUT2D eigenvalue weighted by Crippen LogP contribution is -2.48. The molecule has 0 amide bonds. The molecule has 0 N–H and O–H groups in total. The number of hydrogen-bond acceptors (Lipinski definition) is 6. The molecule has 6 nitrogen and oxygen atoms in total. The third kappa shape index (κ3) is 3.73. The summed E-state index contributed by atoms with van der Waals surface area (Å²) in [5, 5.41) is 2.09. The van der Waals surface area contributed by atoms with Crippen molar-refractivity contribution < 1.29 is 17.9 Å². The molecule has 1 aromatic heterocycles. The van der Waals surface area contributed by atoms with E-state index in [1.54, 1.807) is 33.8 Å². The topological polar surface area (TPSA) is 59.1 Å². The highest BCUT2D eigenvalue weighted by Crippen LogP contribution is 2.33. The Bertz CT molecular complexity index is 844. The van der Waals surface area contributed by atoms with Crippen LogP contribution in [0.5, 0.6) is 11.5 Å². The van der Waals surface area contributed by atoms with Gasteiger partial charge in [0.25, 0.3) is 0 Å². The first-order valence-corrected chi connectivity index (χ1v) is 11.1. The second kappa shape index (κ2) is 7.56. The molecule has 0 saturated carbocycles. The van der Waals surface area contributed by atoms with Gasteiger partial charge in [-0.05, 0) is 30.0 Å². The number of benzene rings is 1. The molecule has 2 aliphatic heterocycles. The highest BCUT2D eigenvalue weighted by Gasteiger charge is 2.29. The lowest BCUT2D eigenvalue weighted by Gasteiger charge is -2.34. The molecule has 3 heterocycles. The average Bonchev–Trinajstić information content (AvgIpc) is 3.20. The summed E-state index contributed by atoms with van der Waals surface area (Å²) < 4.78 is 38.4. The van der Waals surface area contributed by atoms with Gasteiger partial charge in [0, 0.05) is 43.7 Å². The van der Waals surface area contributed by atoms with Gasteiger partial charge in [0.05, 0.1) is 4.90 Å². The fourth-order valence-corrected chi connectivity index (χ4v) is 5.39. The van der Waals surface area contributed by atoms with E-state index in [2.05, 4.69) is 22.4 Å². The van der Waals surface area contributed by atoms with E-state index in [0.717, 1.165) is 26.1 Å². The van der Waals surface area contributed by atoms with Crippen molar-refractivity contribution in [2.24, 2.45) is 0 Å². The lowest BCUT2D eigenvalue weighted by molar-refractivity contribution is 0.171. The van der Waals surface area contributed by atoms with Gasteiger partial charge in [0.15, 0.2) is 11.5 Å². The summed E-state index contributed by atoms with van der Waals surface area (Å²) in [5.41, 5.74) is 0. The molecule has 0 aliphatic carbocycles. The van der Waals surface area contributed by atoms with Crippen LogP contribution < -0.4 is 9.47 Å². The quantitative estimate of drug-likeness (QED) is 0.777. The minimum Gasteiger partial charge on any atom is -0.486 e. The lowest BCUT2D eigenvalue weighted by atomic mass is 10.3. The van der Waals surface area contributed by atoms with Crippen molar-refractivity contribution >= 4 is 21.4 Å². The van der Waals surface area contributed by atoms with Gasteiger partial charge in [-0.1, -0.05) is 6.07 Å². The molecular formula is C18H22N2O4S2. The number of thiophene rings is 1. The van der Waals surface area contributed by atoms with E-state index in [0.29, 0.717) is 37.8 Å². The van der Waals surface area contributed by atoms with Crippen molar-refractivity contribution in [2.45, 2.75) is 11.3 Å². The zero-order valence-electron chi connectivity index (χ0n) is 14.5. The summed E-state index contributed by atoms with van der Waals surface area (Å²) in [5.74, 6) is 1.11. The maximum Gasteiger partial charge on any atom is 0.243 e. The summed E-state index contributed by atoms with van der Waals surface area (Å²) in [4.78, 5) is 3.97. The largest absolute Gasteiger partial charge is 0.486 e. The van der Waals surface area contributed by atoms with Crippen LogP contribution >= 0.6 is 11.3 Å². The molecule has 1 fully saturated rings.